The minimum Gasteiger partial charge on any atom is -0.220 e. The summed E-state index contributed by atoms with van der Waals surface area (Å²) >= 11 is 0. The van der Waals surface area contributed by atoms with Crippen LogP contribution in [0.25, 0.3) is 17.1 Å². The van der Waals surface area contributed by atoms with Gasteiger partial charge in [0.15, 0.2) is 0 Å². The van der Waals surface area contributed by atoms with E-state index in [4.69, 9.17) is 0 Å². The second-order valence-electron chi connectivity index (χ2n) is 3.73. The number of hydrogen-bond acceptors (Lipinski definition) is 3. The van der Waals surface area contributed by atoms with Crippen LogP contribution in [0.3, 0.4) is 0 Å². The Hall–Kier alpha value is -2.56. The van der Waals surface area contributed by atoms with E-state index in [2.05, 4.69) is 15.1 Å². The van der Waals surface area contributed by atoms with Crippen LogP contribution in [0.2, 0.25) is 0 Å². The van der Waals surface area contributed by atoms with Crippen molar-refractivity contribution in [3.05, 3.63) is 60.9 Å². The maximum Gasteiger partial charge on any atom is 0.250 e. The van der Waals surface area contributed by atoms with Crippen LogP contribution in [-0.4, -0.2) is 19.7 Å². The van der Waals surface area contributed by atoms with Gasteiger partial charge in [-0.3, -0.25) is 0 Å². The number of rotatable bonds is 2. The first kappa shape index (κ1) is 10.6. The molecule has 0 bridgehead atoms. The Morgan fingerprint density at radius 2 is 1.83 bits per heavy atom. The van der Waals surface area contributed by atoms with E-state index in [1.165, 1.54) is 12.1 Å². The van der Waals surface area contributed by atoms with Crippen LogP contribution in [0.15, 0.2) is 55.1 Å². The zero-order valence-corrected chi connectivity index (χ0v) is 9.36. The highest BCUT2D eigenvalue weighted by Gasteiger charge is 2.05. The topological polar surface area (TPSA) is 43.6 Å². The predicted molar refractivity (Wildman–Crippen MR) is 64.5 cm³/mol. The maximum atomic E-state index is 13.1. The van der Waals surface area contributed by atoms with Gasteiger partial charge in [-0.2, -0.15) is 5.10 Å². The van der Waals surface area contributed by atoms with E-state index in [1.54, 1.807) is 41.6 Å². The van der Waals surface area contributed by atoms with Gasteiger partial charge in [0.25, 0.3) is 0 Å². The summed E-state index contributed by atoms with van der Waals surface area (Å²) < 4.78 is 14.7. The summed E-state index contributed by atoms with van der Waals surface area (Å²) in [6.45, 7) is 0. The lowest BCUT2D eigenvalue weighted by atomic mass is 10.1. The second-order valence-corrected chi connectivity index (χ2v) is 3.73. The average Bonchev–Trinajstić information content (AvgIpc) is 2.89. The lowest BCUT2D eigenvalue weighted by molar-refractivity contribution is 0.628. The minimum atomic E-state index is -0.267. The number of hydrogen-bond donors (Lipinski definition) is 0. The van der Waals surface area contributed by atoms with Gasteiger partial charge in [0.2, 0.25) is 5.95 Å². The molecule has 2 heterocycles. The third kappa shape index (κ3) is 1.98. The third-order valence-electron chi connectivity index (χ3n) is 2.50. The van der Waals surface area contributed by atoms with Gasteiger partial charge in [-0.25, -0.2) is 19.0 Å². The average molecular weight is 240 g/mol. The first-order valence-electron chi connectivity index (χ1n) is 5.41. The summed E-state index contributed by atoms with van der Waals surface area (Å²) in [7, 11) is 0. The van der Waals surface area contributed by atoms with Crippen molar-refractivity contribution in [2.45, 2.75) is 0 Å². The standard InChI is InChI=1S/C13H9FN4/c14-12-4-1-3-10(7-12)11-8-17-18(9-11)13-15-5-2-6-16-13/h1-9H. The lowest BCUT2D eigenvalue weighted by Crippen LogP contribution is -1.99. The summed E-state index contributed by atoms with van der Waals surface area (Å²) in [5.41, 5.74) is 1.60. The van der Waals surface area contributed by atoms with E-state index in [0.29, 0.717) is 5.95 Å². The summed E-state index contributed by atoms with van der Waals surface area (Å²) in [5.74, 6) is 0.219. The summed E-state index contributed by atoms with van der Waals surface area (Å²) in [6.07, 6.45) is 6.72. The van der Waals surface area contributed by atoms with Gasteiger partial charge in [0.05, 0.1) is 6.20 Å². The molecule has 4 nitrogen and oxygen atoms in total. The molecule has 3 aromatic rings. The molecule has 5 heteroatoms. The van der Waals surface area contributed by atoms with Crippen molar-refractivity contribution in [1.29, 1.82) is 0 Å². The van der Waals surface area contributed by atoms with Crippen molar-refractivity contribution in [3.8, 4) is 17.1 Å². The van der Waals surface area contributed by atoms with Crippen molar-refractivity contribution in [3.63, 3.8) is 0 Å². The van der Waals surface area contributed by atoms with E-state index in [0.717, 1.165) is 11.1 Å². The molecule has 0 N–H and O–H groups in total. The van der Waals surface area contributed by atoms with E-state index in [1.807, 2.05) is 6.07 Å². The van der Waals surface area contributed by atoms with Gasteiger partial charge >= 0.3 is 0 Å². The number of benzene rings is 1. The van der Waals surface area contributed by atoms with Crippen LogP contribution in [0.1, 0.15) is 0 Å². The molecular formula is C13H9FN4. The highest BCUT2D eigenvalue weighted by molar-refractivity contribution is 5.61. The molecule has 0 amide bonds. The van der Waals surface area contributed by atoms with Gasteiger partial charge in [0.1, 0.15) is 5.82 Å². The maximum absolute atomic E-state index is 13.1. The monoisotopic (exact) mass is 240 g/mol. The highest BCUT2D eigenvalue weighted by Crippen LogP contribution is 2.19. The van der Waals surface area contributed by atoms with E-state index < -0.39 is 0 Å². The van der Waals surface area contributed by atoms with Crippen LogP contribution < -0.4 is 0 Å². The van der Waals surface area contributed by atoms with Gasteiger partial charge in [0, 0.05) is 24.2 Å². The summed E-state index contributed by atoms with van der Waals surface area (Å²) in [4.78, 5) is 8.18. The molecule has 88 valence electrons. The zero-order valence-electron chi connectivity index (χ0n) is 9.36. The van der Waals surface area contributed by atoms with Gasteiger partial charge in [-0.15, -0.1) is 0 Å². The molecule has 0 unspecified atom stereocenters. The van der Waals surface area contributed by atoms with Gasteiger partial charge in [-0.05, 0) is 23.8 Å². The third-order valence-corrected chi connectivity index (χ3v) is 2.50. The van der Waals surface area contributed by atoms with Gasteiger partial charge in [-0.1, -0.05) is 12.1 Å². The van der Waals surface area contributed by atoms with E-state index >= 15 is 0 Å². The SMILES string of the molecule is Fc1cccc(-c2cnn(-c3ncccn3)c2)c1. The van der Waals surface area contributed by atoms with Crippen molar-refractivity contribution in [1.82, 2.24) is 19.7 Å². The van der Waals surface area contributed by atoms with Crippen molar-refractivity contribution in [2.24, 2.45) is 0 Å². The van der Waals surface area contributed by atoms with Crippen LogP contribution >= 0.6 is 0 Å². The Morgan fingerprint density at radius 3 is 2.61 bits per heavy atom. The Bertz CT molecular complexity index is 664. The largest absolute Gasteiger partial charge is 0.250 e. The fourth-order valence-corrected chi connectivity index (χ4v) is 1.66. The van der Waals surface area contributed by atoms with Crippen molar-refractivity contribution < 1.29 is 4.39 Å². The van der Waals surface area contributed by atoms with Crippen molar-refractivity contribution in [2.75, 3.05) is 0 Å². The fourth-order valence-electron chi connectivity index (χ4n) is 1.66. The molecule has 0 atom stereocenters. The lowest BCUT2D eigenvalue weighted by Gasteiger charge is -1.97. The number of nitrogens with zero attached hydrogens (tertiary/aromatic N) is 4. The van der Waals surface area contributed by atoms with Gasteiger partial charge < -0.3 is 0 Å². The molecule has 0 radical (unpaired) electrons. The van der Waals surface area contributed by atoms with Crippen molar-refractivity contribution >= 4 is 0 Å². The quantitative estimate of drug-likeness (QED) is 0.691. The molecule has 0 spiro atoms. The Kier molecular flexibility index (Phi) is 2.57. The number of aromatic nitrogens is 4. The van der Waals surface area contributed by atoms with Crippen LogP contribution in [-0.2, 0) is 0 Å². The normalized spacial score (nSPS) is 10.5. The zero-order chi connectivity index (χ0) is 12.4. The second kappa shape index (κ2) is 4.37. The molecule has 0 aliphatic heterocycles. The van der Waals surface area contributed by atoms with Crippen LogP contribution in [0.5, 0.6) is 0 Å². The first-order valence-corrected chi connectivity index (χ1v) is 5.41. The molecule has 0 saturated carbocycles. The van der Waals surface area contributed by atoms with E-state index in [9.17, 15) is 4.39 Å². The Labute approximate surface area is 103 Å². The highest BCUT2D eigenvalue weighted by atomic mass is 19.1. The summed E-state index contributed by atoms with van der Waals surface area (Å²) in [6, 6.07) is 8.11. The van der Waals surface area contributed by atoms with Crippen LogP contribution in [0, 0.1) is 5.82 Å². The molecule has 0 aliphatic rings. The smallest absolute Gasteiger partial charge is 0.220 e. The molecule has 0 saturated heterocycles. The molecule has 0 aliphatic carbocycles. The summed E-state index contributed by atoms with van der Waals surface area (Å²) in [5, 5.41) is 4.16. The molecule has 18 heavy (non-hydrogen) atoms. The molecule has 3 rings (SSSR count). The Balaban J connectivity index is 2.00. The first-order chi connectivity index (χ1) is 8.83. The molecule has 1 aromatic carbocycles. The Morgan fingerprint density at radius 1 is 1.00 bits per heavy atom. The van der Waals surface area contributed by atoms with Crippen LogP contribution in [0.4, 0.5) is 4.39 Å². The predicted octanol–water partition coefficient (Wildman–Crippen LogP) is 2.47. The fraction of sp³-hybridized carbons (Fsp3) is 0. The number of halogens is 1. The molecule has 0 fully saturated rings. The minimum absolute atomic E-state index is 0.267. The molecule has 2 aromatic heterocycles. The van der Waals surface area contributed by atoms with E-state index in [-0.39, 0.29) is 5.82 Å². The molecular weight excluding hydrogens is 231 g/mol.